The van der Waals surface area contributed by atoms with Crippen molar-refractivity contribution in [2.45, 2.75) is 17.7 Å². The average Bonchev–Trinajstić information content (AvgIpc) is 2.61. The largest absolute Gasteiger partial charge is 0.496 e. The number of hydrogen-bond donors (Lipinski definition) is 1. The molecule has 0 amide bonds. The van der Waals surface area contributed by atoms with Gasteiger partial charge in [-0.25, -0.2) is 8.42 Å². The van der Waals surface area contributed by atoms with Crippen molar-refractivity contribution >= 4 is 20.8 Å². The summed E-state index contributed by atoms with van der Waals surface area (Å²) < 4.78 is 33.4. The molecule has 1 N–H and O–H groups in total. The number of piperidine rings is 1. The maximum Gasteiger partial charge on any atom is 0.243 e. The molecule has 1 atom stereocenters. The van der Waals surface area contributed by atoms with E-state index in [-0.39, 0.29) is 0 Å². The summed E-state index contributed by atoms with van der Waals surface area (Å²) in [4.78, 5) is 0.365. The van der Waals surface area contributed by atoms with E-state index < -0.39 is 10.0 Å². The first-order chi connectivity index (χ1) is 11.6. The lowest BCUT2D eigenvalue weighted by atomic mass is 10.00. The lowest BCUT2D eigenvalue weighted by Crippen LogP contribution is -2.42. The summed E-state index contributed by atoms with van der Waals surface area (Å²) in [6.45, 7) is 2.00. The van der Waals surface area contributed by atoms with Crippen molar-refractivity contribution in [3.05, 3.63) is 36.4 Å². The van der Waals surface area contributed by atoms with Crippen LogP contribution in [-0.2, 0) is 10.0 Å². The van der Waals surface area contributed by atoms with E-state index in [1.807, 2.05) is 31.3 Å². The van der Waals surface area contributed by atoms with Crippen LogP contribution in [0.5, 0.6) is 5.75 Å². The Morgan fingerprint density at radius 2 is 1.96 bits per heavy atom. The molecule has 1 fully saturated rings. The maximum atomic E-state index is 13.2. The van der Waals surface area contributed by atoms with Gasteiger partial charge in [0.05, 0.1) is 12.0 Å². The number of benzene rings is 2. The van der Waals surface area contributed by atoms with Crippen LogP contribution in [-0.4, -0.2) is 46.5 Å². The van der Waals surface area contributed by atoms with Crippen LogP contribution < -0.4 is 10.1 Å². The highest BCUT2D eigenvalue weighted by molar-refractivity contribution is 7.89. The standard InChI is InChI=1S/C18H24N2O3S/c1-19-12-14-6-5-11-20(13-14)24(21,22)18-10-9-17(23-2)15-7-3-4-8-16(15)18/h3-4,7-10,14,19H,5-6,11-13H2,1-2H3. The van der Waals surface area contributed by atoms with Gasteiger partial charge in [0, 0.05) is 23.9 Å². The molecular weight excluding hydrogens is 324 g/mol. The number of nitrogens with zero attached hydrogens (tertiary/aromatic N) is 1. The van der Waals surface area contributed by atoms with Crippen LogP contribution in [0.15, 0.2) is 41.3 Å². The van der Waals surface area contributed by atoms with Crippen LogP contribution in [0.4, 0.5) is 0 Å². The molecule has 0 radical (unpaired) electrons. The molecule has 0 aliphatic carbocycles. The molecule has 24 heavy (non-hydrogen) atoms. The highest BCUT2D eigenvalue weighted by Crippen LogP contribution is 2.33. The fraction of sp³-hybridized carbons (Fsp3) is 0.444. The first kappa shape index (κ1) is 17.2. The van der Waals surface area contributed by atoms with Crippen molar-refractivity contribution < 1.29 is 13.2 Å². The van der Waals surface area contributed by atoms with Gasteiger partial charge >= 0.3 is 0 Å². The quantitative estimate of drug-likeness (QED) is 0.902. The van der Waals surface area contributed by atoms with E-state index in [0.29, 0.717) is 35.0 Å². The molecule has 3 rings (SSSR count). The predicted octanol–water partition coefficient (Wildman–Crippen LogP) is 2.47. The Balaban J connectivity index is 2.03. The topological polar surface area (TPSA) is 58.6 Å². The van der Waals surface area contributed by atoms with Gasteiger partial charge in [-0.15, -0.1) is 0 Å². The van der Waals surface area contributed by atoms with Crippen LogP contribution >= 0.6 is 0 Å². The Morgan fingerprint density at radius 1 is 1.21 bits per heavy atom. The summed E-state index contributed by atoms with van der Waals surface area (Å²) in [5, 5.41) is 4.70. The van der Waals surface area contributed by atoms with Gasteiger partial charge in [0.2, 0.25) is 10.0 Å². The van der Waals surface area contributed by atoms with Gasteiger partial charge in [0.25, 0.3) is 0 Å². The second-order valence-corrected chi connectivity index (χ2v) is 8.15. The van der Waals surface area contributed by atoms with Gasteiger partial charge in [0.1, 0.15) is 5.75 Å². The Kier molecular flexibility index (Phi) is 5.08. The molecule has 2 aromatic carbocycles. The minimum Gasteiger partial charge on any atom is -0.496 e. The van der Waals surface area contributed by atoms with Gasteiger partial charge in [0.15, 0.2) is 0 Å². The van der Waals surface area contributed by atoms with Crippen LogP contribution in [0, 0.1) is 5.92 Å². The summed E-state index contributed by atoms with van der Waals surface area (Å²) in [6, 6.07) is 10.9. The van der Waals surface area contributed by atoms with Crippen molar-refractivity contribution in [2.75, 3.05) is 33.8 Å². The van der Waals surface area contributed by atoms with Gasteiger partial charge < -0.3 is 10.1 Å². The summed E-state index contributed by atoms with van der Waals surface area (Å²) in [6.07, 6.45) is 1.97. The van der Waals surface area contributed by atoms with E-state index in [1.54, 1.807) is 23.5 Å². The van der Waals surface area contributed by atoms with E-state index in [9.17, 15) is 8.42 Å². The zero-order valence-electron chi connectivity index (χ0n) is 14.2. The zero-order valence-corrected chi connectivity index (χ0v) is 15.0. The number of ether oxygens (including phenoxy) is 1. The monoisotopic (exact) mass is 348 g/mol. The predicted molar refractivity (Wildman–Crippen MR) is 95.9 cm³/mol. The molecule has 5 nitrogen and oxygen atoms in total. The number of rotatable bonds is 5. The first-order valence-corrected chi connectivity index (χ1v) is 9.72. The molecule has 6 heteroatoms. The van der Waals surface area contributed by atoms with Crippen molar-refractivity contribution in [3.8, 4) is 5.75 Å². The van der Waals surface area contributed by atoms with Crippen molar-refractivity contribution in [3.63, 3.8) is 0 Å². The fourth-order valence-corrected chi connectivity index (χ4v) is 5.24. The van der Waals surface area contributed by atoms with E-state index in [0.717, 1.165) is 24.8 Å². The molecule has 1 unspecified atom stereocenters. The van der Waals surface area contributed by atoms with Gasteiger partial charge in [-0.05, 0) is 44.5 Å². The fourth-order valence-electron chi connectivity index (χ4n) is 3.49. The average molecular weight is 348 g/mol. The molecule has 1 heterocycles. The van der Waals surface area contributed by atoms with Gasteiger partial charge in [-0.3, -0.25) is 0 Å². The van der Waals surface area contributed by atoms with E-state index in [1.165, 1.54) is 0 Å². The molecule has 1 aliphatic rings. The number of fused-ring (bicyclic) bond motifs is 1. The zero-order chi connectivity index (χ0) is 17.2. The third-order valence-corrected chi connectivity index (χ3v) is 6.58. The Hall–Kier alpha value is -1.63. The summed E-state index contributed by atoms with van der Waals surface area (Å²) in [5.41, 5.74) is 0. The minimum absolute atomic E-state index is 0.364. The maximum absolute atomic E-state index is 13.2. The van der Waals surface area contributed by atoms with Crippen molar-refractivity contribution in [1.29, 1.82) is 0 Å². The second-order valence-electron chi connectivity index (χ2n) is 6.24. The molecule has 0 bridgehead atoms. The molecule has 0 saturated carbocycles. The lowest BCUT2D eigenvalue weighted by Gasteiger charge is -2.32. The normalized spacial score (nSPS) is 19.5. The first-order valence-electron chi connectivity index (χ1n) is 8.28. The Labute approximate surface area is 143 Å². The van der Waals surface area contributed by atoms with Gasteiger partial charge in [-0.2, -0.15) is 4.31 Å². The lowest BCUT2D eigenvalue weighted by molar-refractivity contribution is 0.263. The molecule has 1 saturated heterocycles. The molecular formula is C18H24N2O3S. The third-order valence-electron chi connectivity index (χ3n) is 4.66. The number of methoxy groups -OCH3 is 1. The SMILES string of the molecule is CNCC1CCCN(S(=O)(=O)c2ccc(OC)c3ccccc23)C1. The molecule has 1 aliphatic heterocycles. The highest BCUT2D eigenvalue weighted by atomic mass is 32.2. The number of nitrogens with one attached hydrogen (secondary N) is 1. The van der Waals surface area contributed by atoms with Crippen molar-refractivity contribution in [1.82, 2.24) is 9.62 Å². The van der Waals surface area contributed by atoms with Crippen LogP contribution in [0.25, 0.3) is 10.8 Å². The Morgan fingerprint density at radius 3 is 2.67 bits per heavy atom. The summed E-state index contributed by atoms with van der Waals surface area (Å²) in [7, 11) is -0.00755. The van der Waals surface area contributed by atoms with E-state index >= 15 is 0 Å². The minimum atomic E-state index is -3.51. The number of sulfonamides is 1. The summed E-state index contributed by atoms with van der Waals surface area (Å²) in [5.74, 6) is 1.05. The molecule has 0 spiro atoms. The van der Waals surface area contributed by atoms with Gasteiger partial charge in [-0.1, -0.05) is 24.3 Å². The summed E-state index contributed by atoms with van der Waals surface area (Å²) >= 11 is 0. The molecule has 2 aromatic rings. The molecule has 130 valence electrons. The van der Waals surface area contributed by atoms with Crippen LogP contribution in [0.3, 0.4) is 0 Å². The third kappa shape index (κ3) is 3.14. The smallest absolute Gasteiger partial charge is 0.243 e. The second kappa shape index (κ2) is 7.09. The van der Waals surface area contributed by atoms with Crippen LogP contribution in [0.2, 0.25) is 0 Å². The van der Waals surface area contributed by atoms with Crippen molar-refractivity contribution in [2.24, 2.45) is 5.92 Å². The van der Waals surface area contributed by atoms with E-state index in [4.69, 9.17) is 4.74 Å². The highest BCUT2D eigenvalue weighted by Gasteiger charge is 2.31. The van der Waals surface area contributed by atoms with E-state index in [2.05, 4.69) is 5.32 Å². The Bertz CT molecular complexity index is 818. The number of hydrogen-bond acceptors (Lipinski definition) is 4. The molecule has 0 aromatic heterocycles. The van der Waals surface area contributed by atoms with Crippen LogP contribution in [0.1, 0.15) is 12.8 Å².